The zero-order chi connectivity index (χ0) is 28.6. The molecule has 2 aromatic rings. The normalized spacial score (nSPS) is 24.2. The van der Waals surface area contributed by atoms with Crippen LogP contribution >= 0.6 is 11.3 Å². The number of nitrogens with zero attached hydrogens (tertiary/aromatic N) is 4. The van der Waals surface area contributed by atoms with Crippen molar-refractivity contribution >= 4 is 34.1 Å². The molecule has 0 saturated carbocycles. The summed E-state index contributed by atoms with van der Waals surface area (Å²) in [6.07, 6.45) is 0.230. The number of likely N-dealkylation sites (N-methyl/N-ethyl adjacent to an activating group) is 1. The first kappa shape index (κ1) is 28.7. The number of ether oxygens (including phenoxy) is 1. The van der Waals surface area contributed by atoms with Gasteiger partial charge in [-0.2, -0.15) is 0 Å². The van der Waals surface area contributed by atoms with Crippen LogP contribution in [0.25, 0.3) is 11.3 Å². The Morgan fingerprint density at radius 3 is 2.45 bits per heavy atom. The molecule has 4 heterocycles. The number of rotatable bonds is 8. The van der Waals surface area contributed by atoms with Gasteiger partial charge in [0.15, 0.2) is 10.9 Å². The summed E-state index contributed by atoms with van der Waals surface area (Å²) >= 11 is 1.64. The van der Waals surface area contributed by atoms with Crippen LogP contribution in [0, 0.1) is 17.8 Å². The van der Waals surface area contributed by atoms with Crippen molar-refractivity contribution in [2.24, 2.45) is 17.8 Å². The second-order valence-corrected chi connectivity index (χ2v) is 13.0. The summed E-state index contributed by atoms with van der Waals surface area (Å²) in [4.78, 5) is 50.9. The summed E-state index contributed by atoms with van der Waals surface area (Å²) in [7, 11) is 2.14. The fourth-order valence-electron chi connectivity index (χ4n) is 5.98. The van der Waals surface area contributed by atoms with Gasteiger partial charge >= 0.3 is 0 Å². The third-order valence-electron chi connectivity index (χ3n) is 8.38. The van der Waals surface area contributed by atoms with Gasteiger partial charge in [-0.3, -0.25) is 14.4 Å². The van der Waals surface area contributed by atoms with E-state index in [1.165, 1.54) is 0 Å². The second-order valence-electron chi connectivity index (χ2n) is 12.1. The van der Waals surface area contributed by atoms with Gasteiger partial charge in [-0.25, -0.2) is 4.98 Å². The van der Waals surface area contributed by atoms with E-state index in [1.807, 2.05) is 26.0 Å². The van der Waals surface area contributed by atoms with Gasteiger partial charge in [-0.1, -0.05) is 39.8 Å². The third kappa shape index (κ3) is 5.94. The van der Waals surface area contributed by atoms with Crippen molar-refractivity contribution in [1.82, 2.24) is 20.1 Å². The molecule has 1 aromatic heterocycles. The lowest BCUT2D eigenvalue weighted by Gasteiger charge is -2.32. The van der Waals surface area contributed by atoms with E-state index in [1.54, 1.807) is 28.4 Å². The van der Waals surface area contributed by atoms with Crippen molar-refractivity contribution in [3.8, 4) is 11.3 Å². The predicted molar refractivity (Wildman–Crippen MR) is 157 cm³/mol. The molecule has 1 N–H and O–H groups in total. The lowest BCUT2D eigenvalue weighted by molar-refractivity contribution is -0.138. The van der Waals surface area contributed by atoms with Gasteiger partial charge in [-0.15, -0.1) is 11.3 Å². The van der Waals surface area contributed by atoms with Crippen molar-refractivity contribution in [2.75, 3.05) is 51.3 Å². The molecule has 10 heteroatoms. The van der Waals surface area contributed by atoms with Crippen LogP contribution in [0.2, 0.25) is 0 Å². The zero-order valence-electron chi connectivity index (χ0n) is 24.1. The van der Waals surface area contributed by atoms with Crippen LogP contribution in [0.15, 0.2) is 29.6 Å². The zero-order valence-corrected chi connectivity index (χ0v) is 24.9. The highest BCUT2D eigenvalue weighted by molar-refractivity contribution is 7.14. The summed E-state index contributed by atoms with van der Waals surface area (Å²) in [6, 6.07) is 6.11. The number of Topliss-reactive ketones (excluding diaryl/α,β-unsaturated/α-hetero) is 1. The Hall–Kier alpha value is -2.82. The smallest absolute Gasteiger partial charge is 0.251 e. The van der Waals surface area contributed by atoms with Crippen molar-refractivity contribution in [1.29, 1.82) is 0 Å². The van der Waals surface area contributed by atoms with E-state index in [-0.39, 0.29) is 48.1 Å². The molecule has 0 bridgehead atoms. The maximum Gasteiger partial charge on any atom is 0.251 e. The number of carbonyl (C=O) groups is 3. The Morgan fingerprint density at radius 1 is 1.10 bits per heavy atom. The largest absolute Gasteiger partial charge is 0.367 e. The molecule has 40 heavy (non-hydrogen) atoms. The van der Waals surface area contributed by atoms with Crippen LogP contribution in [-0.2, 0) is 14.3 Å². The minimum atomic E-state index is -0.711. The number of anilines is 1. The van der Waals surface area contributed by atoms with E-state index in [0.717, 1.165) is 42.6 Å². The van der Waals surface area contributed by atoms with Gasteiger partial charge in [0.05, 0.1) is 11.8 Å². The number of hydrogen-bond acceptors (Lipinski definition) is 8. The summed E-state index contributed by atoms with van der Waals surface area (Å²) in [6.45, 7) is 12.8. The monoisotopic (exact) mass is 567 g/mol. The maximum atomic E-state index is 13.8. The minimum absolute atomic E-state index is 0.0474. The van der Waals surface area contributed by atoms with Gasteiger partial charge in [0.1, 0.15) is 18.7 Å². The number of fused-ring (bicyclic) bond motifs is 1. The number of likely N-dealkylation sites (tertiary alicyclic amines) is 1. The van der Waals surface area contributed by atoms with E-state index < -0.39 is 12.1 Å². The number of nitrogens with one attached hydrogen (secondary N) is 1. The van der Waals surface area contributed by atoms with Crippen LogP contribution in [0.3, 0.4) is 0 Å². The molecule has 216 valence electrons. The van der Waals surface area contributed by atoms with Crippen molar-refractivity contribution in [3.63, 3.8) is 0 Å². The number of carbonyl (C=O) groups excluding carboxylic acids is 3. The molecular weight excluding hydrogens is 526 g/mol. The quantitative estimate of drug-likeness (QED) is 0.524. The van der Waals surface area contributed by atoms with E-state index in [9.17, 15) is 14.4 Å². The molecular formula is C30H41N5O4S. The third-order valence-corrected chi connectivity index (χ3v) is 9.28. The van der Waals surface area contributed by atoms with E-state index >= 15 is 0 Å². The topological polar surface area (TPSA) is 95.1 Å². The molecule has 5 rings (SSSR count). The Balaban J connectivity index is 1.27. The number of amides is 2. The molecule has 3 saturated heterocycles. The second kappa shape index (κ2) is 12.0. The Labute approximate surface area is 240 Å². The molecule has 2 amide bonds. The first-order valence-corrected chi connectivity index (χ1v) is 15.3. The molecule has 9 nitrogen and oxygen atoms in total. The summed E-state index contributed by atoms with van der Waals surface area (Å²) in [5, 5.41) is 6.06. The highest BCUT2D eigenvalue weighted by Crippen LogP contribution is 2.36. The fourth-order valence-corrected chi connectivity index (χ4v) is 6.86. The molecule has 1 unspecified atom stereocenters. The number of hydrogen-bond donors (Lipinski definition) is 1. The number of thiazole rings is 1. The van der Waals surface area contributed by atoms with Crippen LogP contribution in [0.5, 0.6) is 0 Å². The predicted octanol–water partition coefficient (Wildman–Crippen LogP) is 3.16. The lowest BCUT2D eigenvalue weighted by atomic mass is 9.91. The van der Waals surface area contributed by atoms with Crippen LogP contribution < -0.4 is 10.2 Å². The number of benzene rings is 1. The molecule has 3 fully saturated rings. The Kier molecular flexibility index (Phi) is 8.58. The first-order valence-electron chi connectivity index (χ1n) is 14.4. The number of piperazine rings is 1. The van der Waals surface area contributed by atoms with Gasteiger partial charge < -0.3 is 24.8 Å². The highest BCUT2D eigenvalue weighted by atomic mass is 32.1. The number of ketones is 1. The molecule has 0 spiro atoms. The van der Waals surface area contributed by atoms with E-state index in [0.29, 0.717) is 18.5 Å². The highest BCUT2D eigenvalue weighted by Gasteiger charge is 2.53. The average Bonchev–Trinajstić information content (AvgIpc) is 3.65. The molecule has 3 aliphatic heterocycles. The minimum Gasteiger partial charge on any atom is -0.367 e. The Morgan fingerprint density at radius 2 is 1.80 bits per heavy atom. The van der Waals surface area contributed by atoms with Gasteiger partial charge in [0.2, 0.25) is 5.91 Å². The Bertz CT molecular complexity index is 1220. The summed E-state index contributed by atoms with van der Waals surface area (Å²) in [5.74, 6) is 0.0193. The average molecular weight is 568 g/mol. The van der Waals surface area contributed by atoms with Crippen LogP contribution in [-0.4, -0.2) is 96.9 Å². The molecule has 3 aliphatic rings. The van der Waals surface area contributed by atoms with Crippen molar-refractivity contribution < 1.29 is 19.1 Å². The summed E-state index contributed by atoms with van der Waals surface area (Å²) < 4.78 is 5.80. The lowest BCUT2D eigenvalue weighted by Crippen LogP contribution is -2.52. The molecule has 4 atom stereocenters. The maximum absolute atomic E-state index is 13.8. The molecule has 1 aromatic carbocycles. The van der Waals surface area contributed by atoms with Crippen LogP contribution in [0.4, 0.5) is 5.13 Å². The summed E-state index contributed by atoms with van der Waals surface area (Å²) in [5.41, 5.74) is 2.33. The number of aromatic nitrogens is 1. The van der Waals surface area contributed by atoms with Crippen LogP contribution in [0.1, 0.15) is 44.5 Å². The van der Waals surface area contributed by atoms with Gasteiger partial charge in [-0.05, 0) is 37.4 Å². The first-order chi connectivity index (χ1) is 19.1. The van der Waals surface area contributed by atoms with E-state index in [2.05, 4.69) is 41.4 Å². The molecule has 0 radical (unpaired) electrons. The van der Waals surface area contributed by atoms with Crippen molar-refractivity contribution in [2.45, 2.75) is 52.3 Å². The van der Waals surface area contributed by atoms with Gasteiger partial charge in [0, 0.05) is 55.1 Å². The standard InChI is InChI=1S/C30H41N5O4S/c1-18(2)14-23(29(38)35-15-22(19(3)4)27-26(35)25(36)16-39-27)31-28(37)21-8-6-20(7-9-21)24-17-40-30(32-24)34-12-10-33(5)11-13-34/h6-9,17-19,22-23,26-27H,10-16H2,1-5H3,(H,31,37)/t22-,23?,26+,27+/m0/s1. The van der Waals surface area contributed by atoms with E-state index in [4.69, 9.17) is 9.72 Å². The van der Waals surface area contributed by atoms with Gasteiger partial charge in [0.25, 0.3) is 5.91 Å². The molecule has 0 aliphatic carbocycles. The van der Waals surface area contributed by atoms with Crippen molar-refractivity contribution in [3.05, 3.63) is 35.2 Å². The fraction of sp³-hybridized carbons (Fsp3) is 0.600. The SMILES string of the molecule is CC(C)CC(NC(=O)c1ccc(-c2csc(N3CCN(C)CC3)n2)cc1)C(=O)N1C[C@@H](C(C)C)[C@H]2OCC(=O)[C@H]21.